The average molecular weight is 455 g/mol. The Morgan fingerprint density at radius 3 is 1.40 bits per heavy atom. The average Bonchev–Trinajstić information content (AvgIpc) is 3.27. The topological polar surface area (TPSA) is 0 Å². The first-order chi connectivity index (χ1) is 17.4. The first kappa shape index (κ1) is 24.2. The second-order valence-corrected chi connectivity index (χ2v) is 8.15. The second-order valence-electron chi connectivity index (χ2n) is 8.15. The molecule has 35 heavy (non-hydrogen) atoms. The predicted molar refractivity (Wildman–Crippen MR) is 152 cm³/mol. The van der Waals surface area contributed by atoms with E-state index in [4.69, 9.17) is 0 Å². The van der Waals surface area contributed by atoms with Gasteiger partial charge in [-0.15, -0.1) is 0 Å². The zero-order chi connectivity index (χ0) is 24.7. The maximum Gasteiger partial charge on any atom is 0.0713 e. The molecule has 0 N–H and O–H groups in total. The fraction of sp³-hybridized carbons (Fsp3) is 0.143. The van der Waals surface area contributed by atoms with E-state index in [0.717, 1.165) is 0 Å². The molecule has 0 aliphatic heterocycles. The molecule has 174 valence electrons. The molecule has 0 heteroatoms. The van der Waals surface area contributed by atoms with Crippen LogP contribution in [0.15, 0.2) is 133 Å². The van der Waals surface area contributed by atoms with Crippen molar-refractivity contribution in [2.45, 2.75) is 33.1 Å². The van der Waals surface area contributed by atoms with Crippen LogP contribution in [0.25, 0.3) is 22.3 Å². The van der Waals surface area contributed by atoms with Crippen LogP contribution in [0.2, 0.25) is 0 Å². The smallest absolute Gasteiger partial charge is 0.0683 e. The maximum absolute atomic E-state index is 2.41. The van der Waals surface area contributed by atoms with Gasteiger partial charge in [0.2, 0.25) is 0 Å². The summed E-state index contributed by atoms with van der Waals surface area (Å²) < 4.78 is 0. The highest BCUT2D eigenvalue weighted by atomic mass is 14.5. The Morgan fingerprint density at radius 1 is 0.371 bits per heavy atom. The van der Waals surface area contributed by atoms with Gasteiger partial charge in [-0.1, -0.05) is 155 Å². The summed E-state index contributed by atoms with van der Waals surface area (Å²) in [5, 5.41) is 0. The quantitative estimate of drug-likeness (QED) is 0.250. The predicted octanol–water partition coefficient (Wildman–Crippen LogP) is 9.77. The monoisotopic (exact) mass is 454 g/mol. The molecule has 5 aromatic carbocycles. The van der Waals surface area contributed by atoms with E-state index in [1.54, 1.807) is 0 Å². The van der Waals surface area contributed by atoms with Gasteiger partial charge in [-0.25, -0.2) is 0 Å². The lowest BCUT2D eigenvalue weighted by Gasteiger charge is -2.34. The van der Waals surface area contributed by atoms with E-state index < -0.39 is 0 Å². The molecule has 0 saturated heterocycles. The molecule has 1 aliphatic rings. The lowest BCUT2D eigenvalue weighted by Crippen LogP contribution is -2.28. The van der Waals surface area contributed by atoms with Crippen molar-refractivity contribution in [3.8, 4) is 22.3 Å². The van der Waals surface area contributed by atoms with Crippen molar-refractivity contribution in [2.75, 3.05) is 0 Å². The molecule has 0 unspecified atom stereocenters. The van der Waals surface area contributed by atoms with Crippen LogP contribution in [0.4, 0.5) is 0 Å². The normalized spacial score (nSPS) is 12.2. The Balaban J connectivity index is 0.000000689. The number of rotatable bonds is 3. The van der Waals surface area contributed by atoms with Gasteiger partial charge in [0, 0.05) is 0 Å². The minimum Gasteiger partial charge on any atom is -0.0683 e. The minimum absolute atomic E-state index is 0.334. The summed E-state index contributed by atoms with van der Waals surface area (Å²) in [5.74, 6) is 0. The zero-order valence-corrected chi connectivity index (χ0v) is 21.2. The van der Waals surface area contributed by atoms with E-state index in [2.05, 4.69) is 133 Å². The Bertz CT molecular complexity index is 1310. The third-order valence-electron chi connectivity index (χ3n) is 6.57. The van der Waals surface area contributed by atoms with E-state index in [-0.39, 0.29) is 5.41 Å². The Kier molecular flexibility index (Phi) is 7.63. The minimum atomic E-state index is -0.334. The van der Waals surface area contributed by atoms with Gasteiger partial charge in [-0.3, -0.25) is 0 Å². The van der Waals surface area contributed by atoms with Crippen molar-refractivity contribution < 1.29 is 0 Å². The highest BCUT2D eigenvalue weighted by molar-refractivity contribution is 5.88. The van der Waals surface area contributed by atoms with Crippen LogP contribution < -0.4 is 0 Å². The second kappa shape index (κ2) is 11.0. The van der Waals surface area contributed by atoms with Gasteiger partial charge >= 0.3 is 0 Å². The third-order valence-corrected chi connectivity index (χ3v) is 6.57. The number of hydrogen-bond acceptors (Lipinski definition) is 0. The first-order valence-corrected chi connectivity index (χ1v) is 12.8. The molecule has 1 aliphatic carbocycles. The van der Waals surface area contributed by atoms with Crippen LogP contribution >= 0.6 is 0 Å². The summed E-state index contributed by atoms with van der Waals surface area (Å²) in [7, 11) is 0. The van der Waals surface area contributed by atoms with Gasteiger partial charge < -0.3 is 0 Å². The van der Waals surface area contributed by atoms with Crippen molar-refractivity contribution in [2.24, 2.45) is 0 Å². The molecule has 0 amide bonds. The van der Waals surface area contributed by atoms with Crippen LogP contribution in [0.1, 0.15) is 49.9 Å². The number of benzene rings is 5. The van der Waals surface area contributed by atoms with Gasteiger partial charge in [0.1, 0.15) is 0 Å². The van der Waals surface area contributed by atoms with Gasteiger partial charge in [-0.2, -0.15) is 0 Å². The third kappa shape index (κ3) is 4.10. The van der Waals surface area contributed by atoms with Crippen LogP contribution in [-0.4, -0.2) is 0 Å². The largest absolute Gasteiger partial charge is 0.0713 e. The Morgan fingerprint density at radius 2 is 0.829 bits per heavy atom. The fourth-order valence-corrected chi connectivity index (χ4v) is 5.25. The zero-order valence-electron chi connectivity index (χ0n) is 21.2. The van der Waals surface area contributed by atoms with Gasteiger partial charge in [0.15, 0.2) is 0 Å². The molecule has 5 aromatic rings. The fourth-order valence-electron chi connectivity index (χ4n) is 5.25. The highest BCUT2D eigenvalue weighted by Crippen LogP contribution is 2.56. The molecule has 0 aromatic heterocycles. The van der Waals surface area contributed by atoms with Gasteiger partial charge in [-0.05, 0) is 50.6 Å². The molecule has 0 heterocycles. The van der Waals surface area contributed by atoms with Crippen LogP contribution in [0.3, 0.4) is 0 Å². The SMILES string of the molecule is CC.CC.c1ccc(-c2ccc3c(c2)C(c2ccccc2)(c2ccccc2)c2ccccc2-3)cc1. The summed E-state index contributed by atoms with van der Waals surface area (Å²) in [6, 6.07) is 48.5. The lowest BCUT2D eigenvalue weighted by atomic mass is 9.67. The van der Waals surface area contributed by atoms with Gasteiger partial charge in [0.05, 0.1) is 5.41 Å². The molecule has 0 fully saturated rings. The molecular weight excluding hydrogens is 420 g/mol. The van der Waals surface area contributed by atoms with E-state index in [1.807, 2.05) is 27.7 Å². The van der Waals surface area contributed by atoms with Crippen LogP contribution in [0.5, 0.6) is 0 Å². The van der Waals surface area contributed by atoms with E-state index in [9.17, 15) is 0 Å². The van der Waals surface area contributed by atoms with E-state index in [1.165, 1.54) is 44.5 Å². The molecule has 6 rings (SSSR count). The Labute approximate surface area is 210 Å². The summed E-state index contributed by atoms with van der Waals surface area (Å²) in [5.41, 5.74) is 10.1. The van der Waals surface area contributed by atoms with Crippen LogP contribution in [-0.2, 0) is 5.41 Å². The molecule has 0 spiro atoms. The Hall–Kier alpha value is -3.90. The summed E-state index contributed by atoms with van der Waals surface area (Å²) >= 11 is 0. The number of fused-ring (bicyclic) bond motifs is 3. The maximum atomic E-state index is 2.41. The van der Waals surface area contributed by atoms with Gasteiger partial charge in [0.25, 0.3) is 0 Å². The molecule has 0 radical (unpaired) electrons. The van der Waals surface area contributed by atoms with Crippen molar-refractivity contribution in [1.29, 1.82) is 0 Å². The van der Waals surface area contributed by atoms with Crippen molar-refractivity contribution in [1.82, 2.24) is 0 Å². The van der Waals surface area contributed by atoms with Crippen molar-refractivity contribution in [3.05, 3.63) is 156 Å². The number of hydrogen-bond donors (Lipinski definition) is 0. The molecule has 0 nitrogen and oxygen atoms in total. The molecular formula is C35H34. The lowest BCUT2D eigenvalue weighted by molar-refractivity contribution is 0.769. The van der Waals surface area contributed by atoms with E-state index >= 15 is 0 Å². The highest BCUT2D eigenvalue weighted by Gasteiger charge is 2.45. The summed E-state index contributed by atoms with van der Waals surface area (Å²) in [4.78, 5) is 0. The van der Waals surface area contributed by atoms with Crippen molar-refractivity contribution in [3.63, 3.8) is 0 Å². The summed E-state index contributed by atoms with van der Waals surface area (Å²) in [6.45, 7) is 8.00. The van der Waals surface area contributed by atoms with Crippen LogP contribution in [0, 0.1) is 0 Å². The molecule has 0 saturated carbocycles. The standard InChI is InChI=1S/C31H22.2C2H6/c1-4-12-23(13-5-1)24-20-21-28-27-18-10-11-19-29(27)31(30(28)22-24,25-14-6-2-7-15-25)26-16-8-3-9-17-26;2*1-2/h1-22H;2*1-2H3. The molecule has 0 atom stereocenters. The first-order valence-electron chi connectivity index (χ1n) is 12.8. The van der Waals surface area contributed by atoms with E-state index in [0.29, 0.717) is 0 Å². The molecule has 0 bridgehead atoms. The van der Waals surface area contributed by atoms with Crippen molar-refractivity contribution >= 4 is 0 Å². The summed E-state index contributed by atoms with van der Waals surface area (Å²) in [6.07, 6.45) is 0.